The summed E-state index contributed by atoms with van der Waals surface area (Å²) in [4.78, 5) is 26.8. The van der Waals surface area contributed by atoms with Crippen LogP contribution in [0.2, 0.25) is 0 Å². The zero-order chi connectivity index (χ0) is 21.2. The van der Waals surface area contributed by atoms with E-state index in [0.717, 1.165) is 22.9 Å². The van der Waals surface area contributed by atoms with Gasteiger partial charge in [-0.1, -0.05) is 41.4 Å². The fourth-order valence-corrected chi connectivity index (χ4v) is 2.93. The molecule has 0 saturated carbocycles. The van der Waals surface area contributed by atoms with Crippen LogP contribution in [0, 0.1) is 5.82 Å². The fourth-order valence-electron chi connectivity index (χ4n) is 2.66. The summed E-state index contributed by atoms with van der Waals surface area (Å²) in [6, 6.07) is 12.3. The van der Waals surface area contributed by atoms with Gasteiger partial charge in [-0.05, 0) is 55.3 Å². The van der Waals surface area contributed by atoms with E-state index in [-0.39, 0.29) is 30.8 Å². The zero-order valence-electron chi connectivity index (χ0n) is 16.7. The number of halogens is 2. The molecule has 0 radical (unpaired) electrons. The number of benzene rings is 2. The first kappa shape index (κ1) is 22.9. The lowest BCUT2D eigenvalue weighted by Crippen LogP contribution is -2.49. The first-order valence-electron chi connectivity index (χ1n) is 9.60. The molecular formula is C22H26BrFN2O3. The molecule has 0 aromatic heterocycles. The number of carbonyl (C=O) groups excluding carboxylic acids is 2. The van der Waals surface area contributed by atoms with Gasteiger partial charge in [-0.15, -0.1) is 0 Å². The molecule has 1 unspecified atom stereocenters. The highest BCUT2D eigenvalue weighted by molar-refractivity contribution is 9.10. The summed E-state index contributed by atoms with van der Waals surface area (Å²) in [5.74, 6) is -0.341. The Balaban J connectivity index is 2.08. The molecule has 29 heavy (non-hydrogen) atoms. The minimum absolute atomic E-state index is 0.186. The van der Waals surface area contributed by atoms with Crippen molar-refractivity contribution in [3.8, 4) is 5.75 Å². The molecule has 0 saturated heterocycles. The van der Waals surface area contributed by atoms with Gasteiger partial charge in [-0.3, -0.25) is 9.59 Å². The predicted molar refractivity (Wildman–Crippen MR) is 114 cm³/mol. The first-order chi connectivity index (χ1) is 13.9. The molecule has 0 spiro atoms. The summed E-state index contributed by atoms with van der Waals surface area (Å²) < 4.78 is 19.7. The molecule has 1 atom stereocenters. The number of nitrogens with zero attached hydrogens (tertiary/aromatic N) is 1. The van der Waals surface area contributed by atoms with Gasteiger partial charge in [-0.25, -0.2) is 4.39 Å². The van der Waals surface area contributed by atoms with Crippen molar-refractivity contribution in [2.75, 3.05) is 13.2 Å². The second-order valence-corrected chi connectivity index (χ2v) is 7.63. The van der Waals surface area contributed by atoms with E-state index in [2.05, 4.69) is 21.2 Å². The van der Waals surface area contributed by atoms with E-state index in [9.17, 15) is 14.0 Å². The van der Waals surface area contributed by atoms with Crippen molar-refractivity contribution in [2.24, 2.45) is 0 Å². The van der Waals surface area contributed by atoms with E-state index in [1.54, 1.807) is 31.2 Å². The van der Waals surface area contributed by atoms with Crippen molar-refractivity contribution in [3.05, 3.63) is 64.4 Å². The third kappa shape index (κ3) is 7.49. The lowest BCUT2D eigenvalue weighted by Gasteiger charge is -2.28. The Morgan fingerprint density at radius 2 is 1.79 bits per heavy atom. The molecule has 2 rings (SSSR count). The molecule has 2 aromatic carbocycles. The van der Waals surface area contributed by atoms with Crippen LogP contribution in [-0.2, 0) is 16.1 Å². The molecule has 0 aliphatic carbocycles. The van der Waals surface area contributed by atoms with Gasteiger partial charge >= 0.3 is 0 Å². The van der Waals surface area contributed by atoms with Gasteiger partial charge in [0.15, 0.2) is 6.61 Å². The molecule has 7 heteroatoms. The van der Waals surface area contributed by atoms with Crippen LogP contribution in [0.1, 0.15) is 32.3 Å². The minimum atomic E-state index is -0.682. The molecule has 156 valence electrons. The van der Waals surface area contributed by atoms with Gasteiger partial charge in [0, 0.05) is 17.6 Å². The lowest BCUT2D eigenvalue weighted by molar-refractivity contribution is -0.142. The predicted octanol–water partition coefficient (Wildman–Crippen LogP) is 4.30. The SMILES string of the molecule is CCCCNC(=O)C(C)N(Cc1ccc(F)cc1)C(=O)COc1ccc(Br)cc1. The first-order valence-corrected chi connectivity index (χ1v) is 10.4. The van der Waals surface area contributed by atoms with Crippen LogP contribution < -0.4 is 10.1 Å². The third-order valence-corrected chi connectivity index (χ3v) is 4.97. The van der Waals surface area contributed by atoms with Crippen molar-refractivity contribution < 1.29 is 18.7 Å². The van der Waals surface area contributed by atoms with Crippen LogP contribution in [0.25, 0.3) is 0 Å². The van der Waals surface area contributed by atoms with Crippen LogP contribution in [0.4, 0.5) is 4.39 Å². The van der Waals surface area contributed by atoms with Gasteiger partial charge in [-0.2, -0.15) is 0 Å². The minimum Gasteiger partial charge on any atom is -0.484 e. The summed E-state index contributed by atoms with van der Waals surface area (Å²) >= 11 is 3.35. The summed E-state index contributed by atoms with van der Waals surface area (Å²) in [6.45, 7) is 4.27. The fraction of sp³-hybridized carbons (Fsp3) is 0.364. The van der Waals surface area contributed by atoms with E-state index < -0.39 is 6.04 Å². The van der Waals surface area contributed by atoms with Crippen LogP contribution >= 0.6 is 15.9 Å². The standard InChI is InChI=1S/C22H26BrFN2O3/c1-3-4-13-25-22(28)16(2)26(14-17-5-9-19(24)10-6-17)21(27)15-29-20-11-7-18(23)8-12-20/h5-12,16H,3-4,13-15H2,1-2H3,(H,25,28). The van der Waals surface area contributed by atoms with Crippen LogP contribution in [-0.4, -0.2) is 35.9 Å². The lowest BCUT2D eigenvalue weighted by atomic mass is 10.1. The average molecular weight is 465 g/mol. The van der Waals surface area contributed by atoms with E-state index in [1.165, 1.54) is 17.0 Å². The van der Waals surface area contributed by atoms with Crippen molar-refractivity contribution >= 4 is 27.7 Å². The summed E-state index contributed by atoms with van der Waals surface area (Å²) in [5.41, 5.74) is 0.733. The van der Waals surface area contributed by atoms with E-state index in [0.29, 0.717) is 12.3 Å². The quantitative estimate of drug-likeness (QED) is 0.533. The Kier molecular flexibility index (Phi) is 9.12. The highest BCUT2D eigenvalue weighted by Crippen LogP contribution is 2.17. The van der Waals surface area contributed by atoms with Crippen molar-refractivity contribution in [2.45, 2.75) is 39.3 Å². The molecule has 5 nitrogen and oxygen atoms in total. The number of ether oxygens (including phenoxy) is 1. The number of amides is 2. The molecule has 0 fully saturated rings. The molecule has 0 aliphatic rings. The Morgan fingerprint density at radius 3 is 2.41 bits per heavy atom. The van der Waals surface area contributed by atoms with E-state index in [1.807, 2.05) is 19.1 Å². The zero-order valence-corrected chi connectivity index (χ0v) is 18.2. The monoisotopic (exact) mass is 464 g/mol. The number of carbonyl (C=O) groups is 2. The smallest absolute Gasteiger partial charge is 0.261 e. The number of rotatable bonds is 10. The molecule has 1 N–H and O–H groups in total. The van der Waals surface area contributed by atoms with Crippen LogP contribution in [0.5, 0.6) is 5.75 Å². The van der Waals surface area contributed by atoms with Gasteiger partial charge in [0.25, 0.3) is 5.91 Å². The maximum absolute atomic E-state index is 13.2. The van der Waals surface area contributed by atoms with Gasteiger partial charge < -0.3 is 15.0 Å². The molecule has 0 aliphatic heterocycles. The Hall–Kier alpha value is -2.41. The van der Waals surface area contributed by atoms with Crippen molar-refractivity contribution in [1.29, 1.82) is 0 Å². The Bertz CT molecular complexity index is 797. The highest BCUT2D eigenvalue weighted by Gasteiger charge is 2.26. The Morgan fingerprint density at radius 1 is 1.14 bits per heavy atom. The topological polar surface area (TPSA) is 58.6 Å². The summed E-state index contributed by atoms with van der Waals surface area (Å²) in [5, 5.41) is 2.85. The number of hydrogen-bond acceptors (Lipinski definition) is 3. The van der Waals surface area contributed by atoms with Gasteiger partial charge in [0.05, 0.1) is 0 Å². The summed E-state index contributed by atoms with van der Waals surface area (Å²) in [7, 11) is 0. The maximum Gasteiger partial charge on any atom is 0.261 e. The van der Waals surface area contributed by atoms with E-state index >= 15 is 0 Å². The molecule has 0 heterocycles. The van der Waals surface area contributed by atoms with E-state index in [4.69, 9.17) is 4.74 Å². The van der Waals surface area contributed by atoms with Crippen molar-refractivity contribution in [1.82, 2.24) is 10.2 Å². The third-order valence-electron chi connectivity index (χ3n) is 4.44. The average Bonchev–Trinajstić information content (AvgIpc) is 2.72. The van der Waals surface area contributed by atoms with Crippen molar-refractivity contribution in [3.63, 3.8) is 0 Å². The number of unbranched alkanes of at least 4 members (excludes halogenated alkanes) is 1. The molecule has 0 bridgehead atoms. The van der Waals surface area contributed by atoms with Crippen LogP contribution in [0.15, 0.2) is 53.0 Å². The van der Waals surface area contributed by atoms with Gasteiger partial charge in [0.1, 0.15) is 17.6 Å². The highest BCUT2D eigenvalue weighted by atomic mass is 79.9. The maximum atomic E-state index is 13.2. The second-order valence-electron chi connectivity index (χ2n) is 6.71. The normalized spacial score (nSPS) is 11.6. The van der Waals surface area contributed by atoms with Gasteiger partial charge in [0.2, 0.25) is 5.91 Å². The number of nitrogens with one attached hydrogen (secondary N) is 1. The molecule has 2 amide bonds. The summed E-state index contributed by atoms with van der Waals surface area (Å²) in [6.07, 6.45) is 1.84. The molecular weight excluding hydrogens is 439 g/mol. The second kappa shape index (κ2) is 11.6. The Labute approximate surface area is 179 Å². The number of hydrogen-bond donors (Lipinski definition) is 1. The largest absolute Gasteiger partial charge is 0.484 e. The molecule has 2 aromatic rings. The van der Waals surface area contributed by atoms with Crippen LogP contribution in [0.3, 0.4) is 0 Å².